The SMILES string of the molecule is Nc1ncc(C(=O)N2CCC[C@@H](C(=O)N3CCCC3)C2)s1. The second-order valence-corrected chi connectivity index (χ2v) is 6.75. The summed E-state index contributed by atoms with van der Waals surface area (Å²) in [7, 11) is 0. The Morgan fingerprint density at radius 1 is 1.19 bits per heavy atom. The molecule has 114 valence electrons. The number of likely N-dealkylation sites (tertiary alicyclic amines) is 2. The fourth-order valence-corrected chi connectivity index (χ4v) is 3.75. The van der Waals surface area contributed by atoms with E-state index in [4.69, 9.17) is 5.73 Å². The van der Waals surface area contributed by atoms with E-state index in [9.17, 15) is 9.59 Å². The van der Waals surface area contributed by atoms with Crippen molar-refractivity contribution in [3.63, 3.8) is 0 Å². The minimum atomic E-state index is -0.0527. The Hall–Kier alpha value is -1.63. The van der Waals surface area contributed by atoms with Crippen LogP contribution in [0, 0.1) is 5.92 Å². The van der Waals surface area contributed by atoms with Gasteiger partial charge in [0.25, 0.3) is 5.91 Å². The molecular formula is C14H20N4O2S. The largest absolute Gasteiger partial charge is 0.375 e. The number of thiazole rings is 1. The first-order valence-corrected chi connectivity index (χ1v) is 8.26. The Labute approximate surface area is 127 Å². The third kappa shape index (κ3) is 3.02. The average molecular weight is 308 g/mol. The minimum absolute atomic E-state index is 0.0499. The summed E-state index contributed by atoms with van der Waals surface area (Å²) >= 11 is 1.20. The molecule has 0 spiro atoms. The molecule has 1 aromatic heterocycles. The van der Waals surface area contributed by atoms with Crippen molar-refractivity contribution in [3.8, 4) is 0 Å². The molecule has 0 aromatic carbocycles. The van der Waals surface area contributed by atoms with Gasteiger partial charge in [-0.05, 0) is 25.7 Å². The zero-order valence-electron chi connectivity index (χ0n) is 12.0. The third-order valence-electron chi connectivity index (χ3n) is 4.21. The second-order valence-electron chi connectivity index (χ2n) is 5.69. The van der Waals surface area contributed by atoms with Gasteiger partial charge in [-0.2, -0.15) is 0 Å². The third-order valence-corrected chi connectivity index (χ3v) is 5.02. The van der Waals surface area contributed by atoms with Crippen LogP contribution in [0.2, 0.25) is 0 Å². The number of nitrogens with zero attached hydrogens (tertiary/aromatic N) is 3. The monoisotopic (exact) mass is 308 g/mol. The van der Waals surface area contributed by atoms with Crippen LogP contribution in [0.25, 0.3) is 0 Å². The standard InChI is InChI=1S/C14H20N4O2S/c15-14-16-8-11(21-14)13(20)18-7-3-4-10(9-18)12(19)17-5-1-2-6-17/h8,10H,1-7,9H2,(H2,15,16)/t10-/m1/s1. The van der Waals surface area contributed by atoms with E-state index in [-0.39, 0.29) is 17.7 Å². The minimum Gasteiger partial charge on any atom is -0.375 e. The van der Waals surface area contributed by atoms with E-state index < -0.39 is 0 Å². The summed E-state index contributed by atoms with van der Waals surface area (Å²) in [6.07, 6.45) is 5.48. The van der Waals surface area contributed by atoms with E-state index in [1.807, 2.05) is 4.90 Å². The summed E-state index contributed by atoms with van der Waals surface area (Å²) in [6, 6.07) is 0. The first-order chi connectivity index (χ1) is 10.1. The number of carbonyl (C=O) groups is 2. The summed E-state index contributed by atoms with van der Waals surface area (Å²) in [5.41, 5.74) is 5.58. The van der Waals surface area contributed by atoms with Crippen molar-refractivity contribution in [2.45, 2.75) is 25.7 Å². The molecular weight excluding hydrogens is 288 g/mol. The first-order valence-electron chi connectivity index (χ1n) is 7.44. The highest BCUT2D eigenvalue weighted by Crippen LogP contribution is 2.24. The van der Waals surface area contributed by atoms with Crippen molar-refractivity contribution in [1.82, 2.24) is 14.8 Å². The highest BCUT2D eigenvalue weighted by molar-refractivity contribution is 7.17. The smallest absolute Gasteiger partial charge is 0.265 e. The van der Waals surface area contributed by atoms with Gasteiger partial charge in [-0.15, -0.1) is 0 Å². The van der Waals surface area contributed by atoms with Crippen molar-refractivity contribution >= 4 is 28.3 Å². The van der Waals surface area contributed by atoms with Gasteiger partial charge >= 0.3 is 0 Å². The number of rotatable bonds is 2. The molecule has 0 radical (unpaired) electrons. The number of carbonyl (C=O) groups excluding carboxylic acids is 2. The van der Waals surface area contributed by atoms with Crippen molar-refractivity contribution in [2.24, 2.45) is 5.92 Å². The number of nitrogen functional groups attached to an aromatic ring is 1. The van der Waals surface area contributed by atoms with Gasteiger partial charge in [-0.3, -0.25) is 9.59 Å². The lowest BCUT2D eigenvalue weighted by Crippen LogP contribution is -2.46. The maximum atomic E-state index is 12.5. The van der Waals surface area contributed by atoms with Crippen molar-refractivity contribution < 1.29 is 9.59 Å². The number of amides is 2. The van der Waals surface area contributed by atoms with Crippen LogP contribution in [0.5, 0.6) is 0 Å². The van der Waals surface area contributed by atoms with Gasteiger partial charge in [0.15, 0.2) is 5.13 Å². The quantitative estimate of drug-likeness (QED) is 0.890. The number of piperidine rings is 1. The molecule has 0 bridgehead atoms. The summed E-state index contributed by atoms with van der Waals surface area (Å²) < 4.78 is 0. The van der Waals surface area contributed by atoms with Crippen LogP contribution in [0.3, 0.4) is 0 Å². The average Bonchev–Trinajstić information content (AvgIpc) is 3.17. The van der Waals surface area contributed by atoms with Gasteiger partial charge < -0.3 is 15.5 Å². The molecule has 6 nitrogen and oxygen atoms in total. The van der Waals surface area contributed by atoms with E-state index in [0.717, 1.165) is 38.8 Å². The lowest BCUT2D eigenvalue weighted by molar-refractivity contribution is -0.135. The normalized spacial score (nSPS) is 22.6. The molecule has 7 heteroatoms. The van der Waals surface area contributed by atoms with E-state index in [1.165, 1.54) is 17.5 Å². The maximum absolute atomic E-state index is 12.5. The van der Waals surface area contributed by atoms with Crippen LogP contribution in [0.15, 0.2) is 6.20 Å². The lowest BCUT2D eigenvalue weighted by atomic mass is 9.96. The van der Waals surface area contributed by atoms with Crippen molar-refractivity contribution in [1.29, 1.82) is 0 Å². The zero-order valence-corrected chi connectivity index (χ0v) is 12.8. The number of anilines is 1. The Kier molecular flexibility index (Phi) is 4.10. The topological polar surface area (TPSA) is 79.5 Å². The molecule has 0 saturated carbocycles. The van der Waals surface area contributed by atoms with Crippen LogP contribution in [0.1, 0.15) is 35.4 Å². The van der Waals surface area contributed by atoms with Crippen molar-refractivity contribution in [3.05, 3.63) is 11.1 Å². The van der Waals surface area contributed by atoms with Crippen LogP contribution in [0.4, 0.5) is 5.13 Å². The molecule has 1 atom stereocenters. The molecule has 3 rings (SSSR count). The zero-order chi connectivity index (χ0) is 14.8. The summed E-state index contributed by atoms with van der Waals surface area (Å²) in [6.45, 7) is 2.97. The summed E-state index contributed by atoms with van der Waals surface area (Å²) in [5.74, 6) is 0.114. The number of hydrogen-bond donors (Lipinski definition) is 1. The highest BCUT2D eigenvalue weighted by atomic mass is 32.1. The number of nitrogens with two attached hydrogens (primary N) is 1. The fraction of sp³-hybridized carbons (Fsp3) is 0.643. The predicted molar refractivity (Wildman–Crippen MR) is 81.0 cm³/mol. The van der Waals surface area contributed by atoms with Gasteiger partial charge in [-0.1, -0.05) is 11.3 Å². The predicted octanol–water partition coefficient (Wildman–Crippen LogP) is 1.20. The molecule has 2 amide bonds. The molecule has 0 unspecified atom stereocenters. The van der Waals surface area contributed by atoms with Crippen LogP contribution >= 0.6 is 11.3 Å². The molecule has 2 aliphatic rings. The Balaban J connectivity index is 1.65. The molecule has 21 heavy (non-hydrogen) atoms. The van der Waals surface area contributed by atoms with Gasteiger partial charge in [0.1, 0.15) is 4.88 Å². The van der Waals surface area contributed by atoms with Gasteiger partial charge in [0.2, 0.25) is 5.91 Å². The molecule has 3 heterocycles. The number of aromatic nitrogens is 1. The molecule has 2 N–H and O–H groups in total. The number of hydrogen-bond acceptors (Lipinski definition) is 5. The van der Waals surface area contributed by atoms with E-state index >= 15 is 0 Å². The Bertz CT molecular complexity index is 539. The van der Waals surface area contributed by atoms with E-state index in [2.05, 4.69) is 4.98 Å². The lowest BCUT2D eigenvalue weighted by Gasteiger charge is -2.33. The Morgan fingerprint density at radius 3 is 2.57 bits per heavy atom. The Morgan fingerprint density at radius 2 is 1.90 bits per heavy atom. The van der Waals surface area contributed by atoms with Crippen molar-refractivity contribution in [2.75, 3.05) is 31.9 Å². The molecule has 2 saturated heterocycles. The van der Waals surface area contributed by atoms with Gasteiger partial charge in [0, 0.05) is 26.2 Å². The van der Waals surface area contributed by atoms with E-state index in [1.54, 1.807) is 4.90 Å². The molecule has 1 aromatic rings. The summed E-state index contributed by atoms with van der Waals surface area (Å²) in [4.78, 5) is 33.1. The van der Waals surface area contributed by atoms with Crippen LogP contribution in [-0.2, 0) is 4.79 Å². The second kappa shape index (κ2) is 6.01. The first kappa shape index (κ1) is 14.3. The van der Waals surface area contributed by atoms with E-state index in [0.29, 0.717) is 23.1 Å². The molecule has 2 fully saturated rings. The fourth-order valence-electron chi connectivity index (χ4n) is 3.10. The summed E-state index contributed by atoms with van der Waals surface area (Å²) in [5, 5.41) is 0.403. The highest BCUT2D eigenvalue weighted by Gasteiger charge is 2.32. The maximum Gasteiger partial charge on any atom is 0.265 e. The molecule has 0 aliphatic carbocycles. The van der Waals surface area contributed by atoms with Crippen LogP contribution in [-0.4, -0.2) is 52.8 Å². The van der Waals surface area contributed by atoms with Gasteiger partial charge in [0.05, 0.1) is 12.1 Å². The van der Waals surface area contributed by atoms with Gasteiger partial charge in [-0.25, -0.2) is 4.98 Å². The van der Waals surface area contributed by atoms with Crippen LogP contribution < -0.4 is 5.73 Å². The molecule has 2 aliphatic heterocycles.